The van der Waals surface area contributed by atoms with Crippen LogP contribution in [0.4, 0.5) is 0 Å². The maximum Gasteiger partial charge on any atom is 0.231 e. The summed E-state index contributed by atoms with van der Waals surface area (Å²) in [6.45, 7) is 9.47. The molecule has 0 saturated heterocycles. The third-order valence-corrected chi connectivity index (χ3v) is 2.66. The van der Waals surface area contributed by atoms with Crippen LogP contribution in [0.15, 0.2) is 4.52 Å². The minimum absolute atomic E-state index is 0.268. The SMILES string of the molecule is CCCNC(C)C(C)c1nc(CC)no1. The highest BCUT2D eigenvalue weighted by Crippen LogP contribution is 2.17. The van der Waals surface area contributed by atoms with Gasteiger partial charge in [0, 0.05) is 12.5 Å². The van der Waals surface area contributed by atoms with Crippen LogP contribution in [0.5, 0.6) is 0 Å². The van der Waals surface area contributed by atoms with Crippen LogP contribution in [0.3, 0.4) is 0 Å². The maximum absolute atomic E-state index is 5.22. The van der Waals surface area contributed by atoms with Gasteiger partial charge in [0.25, 0.3) is 0 Å². The van der Waals surface area contributed by atoms with Gasteiger partial charge in [-0.2, -0.15) is 4.98 Å². The van der Waals surface area contributed by atoms with Crippen molar-refractivity contribution in [1.82, 2.24) is 15.5 Å². The van der Waals surface area contributed by atoms with Crippen molar-refractivity contribution in [3.63, 3.8) is 0 Å². The van der Waals surface area contributed by atoms with Crippen LogP contribution in [0, 0.1) is 0 Å². The second-order valence-electron chi connectivity index (χ2n) is 3.93. The Balaban J connectivity index is 2.54. The lowest BCUT2D eigenvalue weighted by Crippen LogP contribution is -2.31. The third-order valence-electron chi connectivity index (χ3n) is 2.66. The van der Waals surface area contributed by atoms with Crippen molar-refractivity contribution in [1.29, 1.82) is 0 Å². The lowest BCUT2D eigenvalue weighted by atomic mass is 10.0. The second kappa shape index (κ2) is 5.85. The van der Waals surface area contributed by atoms with Gasteiger partial charge < -0.3 is 9.84 Å². The molecular formula is C11H21N3O. The topological polar surface area (TPSA) is 51.0 Å². The summed E-state index contributed by atoms with van der Waals surface area (Å²) in [6, 6.07) is 0.370. The molecule has 1 heterocycles. The van der Waals surface area contributed by atoms with E-state index in [9.17, 15) is 0 Å². The summed E-state index contributed by atoms with van der Waals surface area (Å²) in [5, 5.41) is 7.33. The zero-order chi connectivity index (χ0) is 11.3. The smallest absolute Gasteiger partial charge is 0.231 e. The first-order valence-corrected chi connectivity index (χ1v) is 5.74. The molecule has 15 heavy (non-hydrogen) atoms. The normalized spacial score (nSPS) is 15.2. The first kappa shape index (κ1) is 12.2. The predicted octanol–water partition coefficient (Wildman–Crippen LogP) is 2.12. The van der Waals surface area contributed by atoms with Crippen molar-refractivity contribution in [3.05, 3.63) is 11.7 Å². The quantitative estimate of drug-likeness (QED) is 0.783. The Morgan fingerprint density at radius 1 is 1.33 bits per heavy atom. The Labute approximate surface area is 91.5 Å². The fourth-order valence-corrected chi connectivity index (χ4v) is 1.36. The van der Waals surface area contributed by atoms with Gasteiger partial charge in [0.05, 0.1) is 5.92 Å². The van der Waals surface area contributed by atoms with Crippen molar-refractivity contribution in [2.24, 2.45) is 0 Å². The lowest BCUT2D eigenvalue weighted by molar-refractivity contribution is 0.328. The molecule has 0 aliphatic rings. The highest BCUT2D eigenvalue weighted by Gasteiger charge is 2.19. The number of nitrogens with one attached hydrogen (secondary N) is 1. The first-order valence-electron chi connectivity index (χ1n) is 5.74. The Bertz CT molecular complexity index is 285. The number of aryl methyl sites for hydroxylation is 1. The molecule has 4 heteroatoms. The number of hydrogen-bond acceptors (Lipinski definition) is 4. The van der Waals surface area contributed by atoms with Gasteiger partial charge in [-0.3, -0.25) is 0 Å². The molecule has 86 valence electrons. The van der Waals surface area contributed by atoms with E-state index in [1.165, 1.54) is 0 Å². The molecule has 0 aromatic carbocycles. The number of nitrogens with zero attached hydrogens (tertiary/aromatic N) is 2. The van der Waals surface area contributed by atoms with Crippen molar-refractivity contribution < 1.29 is 4.52 Å². The van der Waals surface area contributed by atoms with Gasteiger partial charge in [0.2, 0.25) is 5.89 Å². The van der Waals surface area contributed by atoms with Crippen molar-refractivity contribution in [2.75, 3.05) is 6.54 Å². The Kier molecular flexibility index (Phi) is 4.75. The summed E-state index contributed by atoms with van der Waals surface area (Å²) in [5.41, 5.74) is 0. The Morgan fingerprint density at radius 3 is 2.60 bits per heavy atom. The van der Waals surface area contributed by atoms with Gasteiger partial charge in [-0.1, -0.05) is 25.9 Å². The van der Waals surface area contributed by atoms with Gasteiger partial charge in [-0.05, 0) is 19.9 Å². The predicted molar refractivity (Wildman–Crippen MR) is 59.8 cm³/mol. The van der Waals surface area contributed by atoms with Crippen molar-refractivity contribution >= 4 is 0 Å². The molecule has 2 atom stereocenters. The molecule has 1 N–H and O–H groups in total. The van der Waals surface area contributed by atoms with Crippen LogP contribution in [-0.2, 0) is 6.42 Å². The van der Waals surface area contributed by atoms with Crippen LogP contribution >= 0.6 is 0 Å². The third kappa shape index (κ3) is 3.30. The number of aromatic nitrogens is 2. The van der Waals surface area contributed by atoms with Gasteiger partial charge in [0.15, 0.2) is 5.82 Å². The zero-order valence-electron chi connectivity index (χ0n) is 10.1. The highest BCUT2D eigenvalue weighted by atomic mass is 16.5. The van der Waals surface area contributed by atoms with E-state index < -0.39 is 0 Å². The van der Waals surface area contributed by atoms with E-state index in [-0.39, 0.29) is 5.92 Å². The van der Waals surface area contributed by atoms with Crippen LogP contribution in [0.1, 0.15) is 51.7 Å². The highest BCUT2D eigenvalue weighted by molar-refractivity contribution is 4.96. The first-order chi connectivity index (χ1) is 7.19. The molecule has 0 aliphatic carbocycles. The summed E-state index contributed by atoms with van der Waals surface area (Å²) in [5.74, 6) is 1.80. The summed E-state index contributed by atoms with van der Waals surface area (Å²) < 4.78 is 5.22. The number of hydrogen-bond donors (Lipinski definition) is 1. The van der Waals surface area contributed by atoms with Gasteiger partial charge in [-0.25, -0.2) is 0 Å². The lowest BCUT2D eigenvalue weighted by Gasteiger charge is -2.17. The molecule has 0 spiro atoms. The van der Waals surface area contributed by atoms with Crippen molar-refractivity contribution in [3.8, 4) is 0 Å². The average Bonchev–Trinajstić information content (AvgIpc) is 2.73. The van der Waals surface area contributed by atoms with Crippen LogP contribution in [-0.4, -0.2) is 22.7 Å². The standard InChI is InChI=1S/C11H21N3O/c1-5-7-12-9(4)8(3)11-13-10(6-2)14-15-11/h8-9,12H,5-7H2,1-4H3. The van der Waals surface area contributed by atoms with E-state index in [1.807, 2.05) is 6.92 Å². The van der Waals surface area contributed by atoms with E-state index in [4.69, 9.17) is 4.52 Å². The molecule has 0 radical (unpaired) electrons. The fraction of sp³-hybridized carbons (Fsp3) is 0.818. The summed E-state index contributed by atoms with van der Waals surface area (Å²) >= 11 is 0. The minimum atomic E-state index is 0.268. The van der Waals surface area contributed by atoms with Crippen LogP contribution < -0.4 is 5.32 Å². The largest absolute Gasteiger partial charge is 0.339 e. The molecule has 0 aliphatic heterocycles. The van der Waals surface area contributed by atoms with E-state index in [1.54, 1.807) is 0 Å². The molecule has 4 nitrogen and oxygen atoms in total. The summed E-state index contributed by atoms with van der Waals surface area (Å²) in [4.78, 5) is 4.34. The Morgan fingerprint density at radius 2 is 2.07 bits per heavy atom. The van der Waals surface area contributed by atoms with E-state index >= 15 is 0 Å². The van der Waals surface area contributed by atoms with E-state index in [2.05, 4.69) is 36.2 Å². The molecular weight excluding hydrogens is 190 g/mol. The van der Waals surface area contributed by atoms with Gasteiger partial charge in [-0.15, -0.1) is 0 Å². The summed E-state index contributed by atoms with van der Waals surface area (Å²) in [6.07, 6.45) is 1.97. The van der Waals surface area contributed by atoms with Crippen LogP contribution in [0.25, 0.3) is 0 Å². The molecule has 1 aromatic rings. The van der Waals surface area contributed by atoms with Gasteiger partial charge in [0.1, 0.15) is 0 Å². The van der Waals surface area contributed by atoms with Crippen molar-refractivity contribution in [2.45, 2.75) is 52.5 Å². The molecule has 0 bridgehead atoms. The van der Waals surface area contributed by atoms with Crippen LogP contribution in [0.2, 0.25) is 0 Å². The average molecular weight is 211 g/mol. The molecule has 1 aromatic heterocycles. The fourth-order valence-electron chi connectivity index (χ4n) is 1.36. The molecule has 2 unspecified atom stereocenters. The van der Waals surface area contributed by atoms with Gasteiger partial charge >= 0.3 is 0 Å². The molecule has 0 fully saturated rings. The van der Waals surface area contributed by atoms with E-state index in [0.29, 0.717) is 6.04 Å². The monoisotopic (exact) mass is 211 g/mol. The summed E-state index contributed by atoms with van der Waals surface area (Å²) in [7, 11) is 0. The Hall–Kier alpha value is -0.900. The van der Waals surface area contributed by atoms with E-state index in [0.717, 1.165) is 31.1 Å². The maximum atomic E-state index is 5.22. The molecule has 0 saturated carbocycles. The minimum Gasteiger partial charge on any atom is -0.339 e. The second-order valence-corrected chi connectivity index (χ2v) is 3.93. The molecule has 1 rings (SSSR count). The molecule has 0 amide bonds. The number of rotatable bonds is 6. The zero-order valence-corrected chi connectivity index (χ0v) is 10.1.